The molecule has 0 aromatic heterocycles. The van der Waals surface area contributed by atoms with Crippen molar-refractivity contribution < 1.29 is 19.4 Å². The summed E-state index contributed by atoms with van der Waals surface area (Å²) in [6.45, 7) is 3.23. The number of hydrogen-bond donors (Lipinski definition) is 1. The predicted molar refractivity (Wildman–Crippen MR) is 40.1 cm³/mol. The van der Waals surface area contributed by atoms with Crippen LogP contribution in [-0.2, 0) is 14.3 Å². The van der Waals surface area contributed by atoms with E-state index in [2.05, 4.69) is 4.74 Å². The van der Waals surface area contributed by atoms with Gasteiger partial charge in [-0.2, -0.15) is 0 Å². The van der Waals surface area contributed by atoms with Gasteiger partial charge in [-0.05, 0) is 13.3 Å². The summed E-state index contributed by atoms with van der Waals surface area (Å²) in [4.78, 5) is 21.8. The Labute approximate surface area is 70.5 Å². The van der Waals surface area contributed by atoms with E-state index >= 15 is 0 Å². The zero-order valence-corrected chi connectivity index (χ0v) is 7.11. The number of aliphatic hydroxyl groups is 1. The molecule has 0 spiro atoms. The van der Waals surface area contributed by atoms with E-state index in [1.165, 1.54) is 0 Å². The first kappa shape index (κ1) is 9.19. The number of esters is 2. The molecule has 1 aliphatic heterocycles. The molecule has 1 heterocycles. The van der Waals surface area contributed by atoms with E-state index in [-0.39, 0.29) is 0 Å². The molecule has 3 unspecified atom stereocenters. The van der Waals surface area contributed by atoms with Crippen molar-refractivity contribution >= 4 is 11.9 Å². The highest BCUT2D eigenvalue weighted by Gasteiger charge is 2.41. The number of carbonyl (C=O) groups is 2. The number of hydrogen-bond acceptors (Lipinski definition) is 4. The normalized spacial score (nSPS) is 31.9. The summed E-state index contributed by atoms with van der Waals surface area (Å²) in [5, 5.41) is 9.02. The fourth-order valence-electron chi connectivity index (χ4n) is 1.30. The fraction of sp³-hybridized carbons (Fsp3) is 0.750. The van der Waals surface area contributed by atoms with E-state index in [9.17, 15) is 9.59 Å². The molecule has 68 valence electrons. The van der Waals surface area contributed by atoms with Crippen LogP contribution in [0.25, 0.3) is 0 Å². The maximum Gasteiger partial charge on any atom is 0.317 e. The van der Waals surface area contributed by atoms with Gasteiger partial charge >= 0.3 is 11.9 Å². The van der Waals surface area contributed by atoms with E-state index in [0.717, 1.165) is 0 Å². The first-order chi connectivity index (χ1) is 5.52. The van der Waals surface area contributed by atoms with Crippen LogP contribution in [0.3, 0.4) is 0 Å². The topological polar surface area (TPSA) is 63.6 Å². The highest BCUT2D eigenvalue weighted by Crippen LogP contribution is 2.26. The van der Waals surface area contributed by atoms with Crippen LogP contribution >= 0.6 is 0 Å². The highest BCUT2D eigenvalue weighted by molar-refractivity contribution is 5.96. The molecule has 3 atom stereocenters. The van der Waals surface area contributed by atoms with Gasteiger partial charge in [0.15, 0.2) is 0 Å². The van der Waals surface area contributed by atoms with Gasteiger partial charge in [0.2, 0.25) is 0 Å². The summed E-state index contributed by atoms with van der Waals surface area (Å²) >= 11 is 0. The van der Waals surface area contributed by atoms with E-state index in [1.54, 1.807) is 13.8 Å². The number of aliphatic hydroxyl groups excluding tert-OH is 1. The van der Waals surface area contributed by atoms with Crippen molar-refractivity contribution in [1.29, 1.82) is 0 Å². The van der Waals surface area contributed by atoms with E-state index < -0.39 is 29.9 Å². The van der Waals surface area contributed by atoms with E-state index in [0.29, 0.717) is 6.42 Å². The molecule has 0 bridgehead atoms. The largest absolute Gasteiger partial charge is 0.393 e. The maximum atomic E-state index is 11.0. The Hall–Kier alpha value is -0.900. The average molecular weight is 172 g/mol. The summed E-state index contributed by atoms with van der Waals surface area (Å²) in [7, 11) is 0. The smallest absolute Gasteiger partial charge is 0.317 e. The summed E-state index contributed by atoms with van der Waals surface area (Å²) in [6, 6.07) is 0. The van der Waals surface area contributed by atoms with Crippen molar-refractivity contribution in [3.05, 3.63) is 0 Å². The van der Waals surface area contributed by atoms with Gasteiger partial charge in [-0.1, -0.05) is 6.92 Å². The Bertz CT molecular complexity index is 209. The summed E-state index contributed by atoms with van der Waals surface area (Å²) < 4.78 is 4.40. The number of ether oxygens (including phenoxy) is 1. The lowest BCUT2D eigenvalue weighted by atomic mass is 9.92. The van der Waals surface area contributed by atoms with Gasteiger partial charge in [0.1, 0.15) is 0 Å². The molecule has 0 aromatic rings. The van der Waals surface area contributed by atoms with Gasteiger partial charge in [0.05, 0.1) is 17.9 Å². The summed E-state index contributed by atoms with van der Waals surface area (Å²) in [6.07, 6.45) is -0.276. The zero-order valence-electron chi connectivity index (χ0n) is 7.11. The van der Waals surface area contributed by atoms with Gasteiger partial charge in [-0.15, -0.1) is 0 Å². The van der Waals surface area contributed by atoms with Gasteiger partial charge < -0.3 is 9.84 Å². The molecule has 0 aromatic carbocycles. The zero-order chi connectivity index (χ0) is 9.30. The molecular formula is C8H12O4. The first-order valence-electron chi connectivity index (χ1n) is 3.96. The van der Waals surface area contributed by atoms with Crippen LogP contribution in [0.2, 0.25) is 0 Å². The molecule has 4 heteroatoms. The van der Waals surface area contributed by atoms with Crippen molar-refractivity contribution in [2.45, 2.75) is 26.4 Å². The molecule has 0 radical (unpaired) electrons. The molecule has 1 aliphatic rings. The number of rotatable bonds is 2. The standard InChI is InChI=1S/C8H12O4/c1-4(9)3-6-5(2)7(10)12-8(6)11/h4-6,9H,3H2,1-2H3. The molecular weight excluding hydrogens is 160 g/mol. The molecule has 4 nitrogen and oxygen atoms in total. The number of cyclic esters (lactones) is 2. The van der Waals surface area contributed by atoms with Gasteiger partial charge in [0.25, 0.3) is 0 Å². The van der Waals surface area contributed by atoms with Gasteiger partial charge in [0, 0.05) is 0 Å². The lowest BCUT2D eigenvalue weighted by Gasteiger charge is -2.10. The van der Waals surface area contributed by atoms with Crippen LogP contribution < -0.4 is 0 Å². The lowest BCUT2D eigenvalue weighted by Crippen LogP contribution is -2.19. The average Bonchev–Trinajstić information content (AvgIpc) is 2.16. The van der Waals surface area contributed by atoms with E-state index in [1.807, 2.05) is 0 Å². The van der Waals surface area contributed by atoms with Crippen molar-refractivity contribution in [2.24, 2.45) is 11.8 Å². The third-order valence-electron chi connectivity index (χ3n) is 2.07. The Morgan fingerprint density at radius 3 is 2.42 bits per heavy atom. The first-order valence-corrected chi connectivity index (χ1v) is 3.96. The van der Waals surface area contributed by atoms with Crippen molar-refractivity contribution in [3.63, 3.8) is 0 Å². The second kappa shape index (κ2) is 3.23. The predicted octanol–water partition coefficient (Wildman–Crippen LogP) is 0.0930. The van der Waals surface area contributed by atoms with Gasteiger partial charge in [-0.25, -0.2) is 0 Å². The molecule has 12 heavy (non-hydrogen) atoms. The van der Waals surface area contributed by atoms with E-state index in [4.69, 9.17) is 5.11 Å². The second-order valence-electron chi connectivity index (χ2n) is 3.22. The lowest BCUT2D eigenvalue weighted by molar-refractivity contribution is -0.153. The second-order valence-corrected chi connectivity index (χ2v) is 3.22. The number of carbonyl (C=O) groups excluding carboxylic acids is 2. The van der Waals surface area contributed by atoms with Crippen molar-refractivity contribution in [2.75, 3.05) is 0 Å². The van der Waals surface area contributed by atoms with Crippen LogP contribution in [-0.4, -0.2) is 23.1 Å². The molecule has 1 rings (SSSR count). The van der Waals surface area contributed by atoms with Crippen LogP contribution in [0.1, 0.15) is 20.3 Å². The molecule has 1 N–H and O–H groups in total. The third kappa shape index (κ3) is 1.64. The van der Waals surface area contributed by atoms with Crippen molar-refractivity contribution in [1.82, 2.24) is 0 Å². The minimum Gasteiger partial charge on any atom is -0.393 e. The van der Waals surface area contributed by atoms with Gasteiger partial charge in [-0.3, -0.25) is 9.59 Å². The molecule has 0 saturated carbocycles. The monoisotopic (exact) mass is 172 g/mol. The Balaban J connectivity index is 2.63. The minimum absolute atomic E-state index is 0.297. The Morgan fingerprint density at radius 1 is 1.50 bits per heavy atom. The van der Waals surface area contributed by atoms with Crippen LogP contribution in [0.15, 0.2) is 0 Å². The highest BCUT2D eigenvalue weighted by atomic mass is 16.6. The molecule has 0 amide bonds. The fourth-order valence-corrected chi connectivity index (χ4v) is 1.30. The SMILES string of the molecule is CC(O)CC1C(=O)OC(=O)C1C. The quantitative estimate of drug-likeness (QED) is 0.473. The Kier molecular flexibility index (Phi) is 2.47. The molecule has 1 saturated heterocycles. The van der Waals surface area contributed by atoms with Crippen LogP contribution in [0, 0.1) is 11.8 Å². The summed E-state index contributed by atoms with van der Waals surface area (Å²) in [5.74, 6) is -1.86. The third-order valence-corrected chi connectivity index (χ3v) is 2.07. The van der Waals surface area contributed by atoms with Crippen LogP contribution in [0.5, 0.6) is 0 Å². The molecule has 1 fully saturated rings. The van der Waals surface area contributed by atoms with Crippen molar-refractivity contribution in [3.8, 4) is 0 Å². The molecule has 0 aliphatic carbocycles. The van der Waals surface area contributed by atoms with Crippen LogP contribution in [0.4, 0.5) is 0 Å². The Morgan fingerprint density at radius 2 is 2.08 bits per heavy atom. The maximum absolute atomic E-state index is 11.0. The minimum atomic E-state index is -0.573. The summed E-state index contributed by atoms with van der Waals surface area (Å²) in [5.41, 5.74) is 0.